The lowest BCUT2D eigenvalue weighted by Gasteiger charge is -2.03. The molecule has 0 aliphatic heterocycles. The normalized spacial score (nSPS) is 10.1. The summed E-state index contributed by atoms with van der Waals surface area (Å²) in [4.78, 5) is 28.3. The number of nitrogens with zero attached hydrogens (tertiary/aromatic N) is 1. The highest BCUT2D eigenvalue weighted by Gasteiger charge is 2.22. The largest absolute Gasteiger partial charge is 0.497 e. The molecule has 0 unspecified atom stereocenters. The third kappa shape index (κ3) is 2.85. The summed E-state index contributed by atoms with van der Waals surface area (Å²) in [6.45, 7) is 1.95. The van der Waals surface area contributed by atoms with Crippen LogP contribution in [-0.2, 0) is 4.74 Å². The van der Waals surface area contributed by atoms with Crippen LogP contribution in [0, 0.1) is 0 Å². The van der Waals surface area contributed by atoms with Crippen LogP contribution >= 0.6 is 11.3 Å². The number of benzene rings is 1. The first-order valence-electron chi connectivity index (χ1n) is 5.96. The Labute approximate surface area is 120 Å². The highest BCUT2D eigenvalue weighted by molar-refractivity contribution is 7.12. The van der Waals surface area contributed by atoms with E-state index in [9.17, 15) is 9.59 Å². The highest BCUT2D eigenvalue weighted by Crippen LogP contribution is 2.21. The molecule has 0 spiro atoms. The number of ether oxygens (including phenoxy) is 2. The number of aromatic nitrogens is 1. The van der Waals surface area contributed by atoms with Crippen molar-refractivity contribution in [1.82, 2.24) is 4.98 Å². The zero-order valence-electron chi connectivity index (χ0n) is 11.1. The van der Waals surface area contributed by atoms with Crippen LogP contribution in [0.15, 0.2) is 29.8 Å². The van der Waals surface area contributed by atoms with Crippen molar-refractivity contribution in [3.8, 4) is 5.75 Å². The number of carbonyl (C=O) groups is 2. The Morgan fingerprint density at radius 3 is 2.55 bits per heavy atom. The molecule has 1 aromatic heterocycles. The molecular formula is C14H13NO4S. The molecule has 0 bridgehead atoms. The Balaban J connectivity index is 2.29. The van der Waals surface area contributed by atoms with Gasteiger partial charge in [-0.05, 0) is 31.2 Å². The second kappa shape index (κ2) is 6.29. The number of carbonyl (C=O) groups excluding carboxylic acids is 2. The quantitative estimate of drug-likeness (QED) is 0.625. The SMILES string of the molecule is CCOC(=O)c1ncsc1C(=O)c1ccc(OC)cc1. The average molecular weight is 291 g/mol. The van der Waals surface area contributed by atoms with Gasteiger partial charge in [0.2, 0.25) is 5.78 Å². The van der Waals surface area contributed by atoms with E-state index in [1.54, 1.807) is 38.3 Å². The molecule has 1 heterocycles. The Hall–Kier alpha value is -2.21. The van der Waals surface area contributed by atoms with Crippen LogP contribution in [0.1, 0.15) is 32.6 Å². The fourth-order valence-electron chi connectivity index (χ4n) is 1.63. The second-order valence-electron chi connectivity index (χ2n) is 3.81. The van der Waals surface area contributed by atoms with Gasteiger partial charge in [0.25, 0.3) is 0 Å². The van der Waals surface area contributed by atoms with Gasteiger partial charge in [-0.2, -0.15) is 0 Å². The molecule has 2 rings (SSSR count). The van der Waals surface area contributed by atoms with Gasteiger partial charge in [-0.25, -0.2) is 9.78 Å². The Kier molecular flexibility index (Phi) is 4.47. The van der Waals surface area contributed by atoms with Crippen molar-refractivity contribution in [3.05, 3.63) is 45.9 Å². The van der Waals surface area contributed by atoms with Crippen LogP contribution < -0.4 is 4.74 Å². The van der Waals surface area contributed by atoms with E-state index >= 15 is 0 Å². The van der Waals surface area contributed by atoms with Crippen LogP contribution in [0.5, 0.6) is 5.75 Å². The molecular weight excluding hydrogens is 278 g/mol. The Morgan fingerprint density at radius 2 is 1.95 bits per heavy atom. The minimum atomic E-state index is -0.578. The summed E-state index contributed by atoms with van der Waals surface area (Å²) in [5.41, 5.74) is 2.00. The lowest BCUT2D eigenvalue weighted by atomic mass is 10.1. The van der Waals surface area contributed by atoms with Gasteiger partial charge in [0.15, 0.2) is 5.69 Å². The summed E-state index contributed by atoms with van der Waals surface area (Å²) in [5, 5.41) is 0. The van der Waals surface area contributed by atoms with E-state index in [4.69, 9.17) is 9.47 Å². The lowest BCUT2D eigenvalue weighted by molar-refractivity contribution is 0.0517. The van der Waals surface area contributed by atoms with Crippen LogP contribution in [0.2, 0.25) is 0 Å². The van der Waals surface area contributed by atoms with E-state index in [0.29, 0.717) is 11.3 Å². The molecule has 2 aromatic rings. The van der Waals surface area contributed by atoms with Gasteiger partial charge in [0, 0.05) is 5.56 Å². The standard InChI is InChI=1S/C14H13NO4S/c1-3-19-14(17)11-13(20-8-15-11)12(16)9-4-6-10(18-2)7-5-9/h4-8H,3H2,1-2H3. The lowest BCUT2D eigenvalue weighted by Crippen LogP contribution is -2.11. The van der Waals surface area contributed by atoms with Gasteiger partial charge in [-0.1, -0.05) is 0 Å². The molecule has 0 aliphatic rings. The molecule has 104 valence electrons. The van der Waals surface area contributed by atoms with Gasteiger partial charge >= 0.3 is 5.97 Å². The summed E-state index contributed by atoms with van der Waals surface area (Å²) in [7, 11) is 1.55. The maximum Gasteiger partial charge on any atom is 0.358 e. The van der Waals surface area contributed by atoms with E-state index in [-0.39, 0.29) is 23.0 Å². The number of esters is 1. The first kappa shape index (κ1) is 14.2. The van der Waals surface area contributed by atoms with E-state index in [1.807, 2.05) is 0 Å². The summed E-state index contributed by atoms with van der Waals surface area (Å²) in [5.74, 6) is -0.166. The predicted molar refractivity (Wildman–Crippen MR) is 74.5 cm³/mol. The van der Waals surface area contributed by atoms with Crippen LogP contribution in [-0.4, -0.2) is 30.5 Å². The second-order valence-corrected chi connectivity index (χ2v) is 4.66. The van der Waals surface area contributed by atoms with Crippen molar-refractivity contribution in [3.63, 3.8) is 0 Å². The Bertz CT molecular complexity index is 618. The first-order chi connectivity index (χ1) is 9.67. The van der Waals surface area contributed by atoms with Crippen LogP contribution in [0.4, 0.5) is 0 Å². The molecule has 5 nitrogen and oxygen atoms in total. The summed E-state index contributed by atoms with van der Waals surface area (Å²) in [6.07, 6.45) is 0. The maximum absolute atomic E-state index is 12.4. The molecule has 0 aliphatic carbocycles. The number of ketones is 1. The van der Waals surface area contributed by atoms with E-state index in [1.165, 1.54) is 5.51 Å². The zero-order valence-corrected chi connectivity index (χ0v) is 11.9. The maximum atomic E-state index is 12.4. The van der Waals surface area contributed by atoms with E-state index in [0.717, 1.165) is 11.3 Å². The van der Waals surface area contributed by atoms with Gasteiger partial charge in [0.05, 0.1) is 19.2 Å². The number of hydrogen-bond acceptors (Lipinski definition) is 6. The number of hydrogen-bond donors (Lipinski definition) is 0. The van der Waals surface area contributed by atoms with Crippen molar-refractivity contribution >= 4 is 23.1 Å². The molecule has 0 atom stereocenters. The molecule has 1 aromatic carbocycles. The smallest absolute Gasteiger partial charge is 0.358 e. The average Bonchev–Trinajstić information content (AvgIpc) is 2.96. The van der Waals surface area contributed by atoms with Gasteiger partial charge in [-0.3, -0.25) is 4.79 Å². The van der Waals surface area contributed by atoms with E-state index < -0.39 is 5.97 Å². The number of thiazole rings is 1. The van der Waals surface area contributed by atoms with Gasteiger partial charge in [0.1, 0.15) is 10.6 Å². The summed E-state index contributed by atoms with van der Waals surface area (Å²) < 4.78 is 9.92. The number of methoxy groups -OCH3 is 1. The molecule has 0 saturated carbocycles. The van der Waals surface area contributed by atoms with E-state index in [2.05, 4.69) is 4.98 Å². The van der Waals surface area contributed by atoms with Crippen molar-refractivity contribution in [2.75, 3.05) is 13.7 Å². The van der Waals surface area contributed by atoms with Gasteiger partial charge < -0.3 is 9.47 Å². The van der Waals surface area contributed by atoms with Crippen molar-refractivity contribution in [2.45, 2.75) is 6.92 Å². The minimum absolute atomic E-state index is 0.0673. The topological polar surface area (TPSA) is 65.5 Å². The molecule has 20 heavy (non-hydrogen) atoms. The summed E-state index contributed by atoms with van der Waals surface area (Å²) >= 11 is 1.12. The highest BCUT2D eigenvalue weighted by atomic mass is 32.1. The Morgan fingerprint density at radius 1 is 1.25 bits per heavy atom. The first-order valence-corrected chi connectivity index (χ1v) is 6.84. The van der Waals surface area contributed by atoms with Crippen LogP contribution in [0.3, 0.4) is 0 Å². The molecule has 0 fully saturated rings. The predicted octanol–water partition coefficient (Wildman–Crippen LogP) is 2.56. The monoisotopic (exact) mass is 291 g/mol. The molecule has 0 N–H and O–H groups in total. The molecule has 0 radical (unpaired) electrons. The summed E-state index contributed by atoms with van der Waals surface area (Å²) in [6, 6.07) is 6.68. The molecule has 0 saturated heterocycles. The fraction of sp³-hybridized carbons (Fsp3) is 0.214. The molecule has 0 amide bonds. The third-order valence-electron chi connectivity index (χ3n) is 2.59. The zero-order chi connectivity index (χ0) is 14.5. The van der Waals surface area contributed by atoms with Crippen molar-refractivity contribution < 1.29 is 19.1 Å². The van der Waals surface area contributed by atoms with Gasteiger partial charge in [-0.15, -0.1) is 11.3 Å². The molecule has 6 heteroatoms. The third-order valence-corrected chi connectivity index (χ3v) is 3.42. The van der Waals surface area contributed by atoms with Crippen molar-refractivity contribution in [2.24, 2.45) is 0 Å². The van der Waals surface area contributed by atoms with Crippen molar-refractivity contribution in [1.29, 1.82) is 0 Å². The minimum Gasteiger partial charge on any atom is -0.497 e. The fourth-order valence-corrected chi connectivity index (χ4v) is 2.36. The number of rotatable bonds is 5. The van der Waals surface area contributed by atoms with Crippen LogP contribution in [0.25, 0.3) is 0 Å².